The molecule has 2 aromatic rings. The van der Waals surface area contributed by atoms with E-state index in [9.17, 15) is 17.8 Å². The minimum atomic E-state index is -4.47. The summed E-state index contributed by atoms with van der Waals surface area (Å²) < 4.78 is 38.4. The summed E-state index contributed by atoms with van der Waals surface area (Å²) in [5, 5.41) is 0. The number of carbonyl (C=O) groups excluding carboxylic acids is 1. The van der Waals surface area contributed by atoms with Crippen LogP contribution in [-0.2, 0) is 10.1 Å². The number of carbonyl (C=O) groups is 1. The van der Waals surface area contributed by atoms with Crippen molar-refractivity contribution in [1.82, 2.24) is 0 Å². The van der Waals surface area contributed by atoms with Crippen molar-refractivity contribution < 1.29 is 22.5 Å². The number of rotatable bonds is 7. The number of hydrogen-bond donors (Lipinski definition) is 1. The highest BCUT2D eigenvalue weighted by molar-refractivity contribution is 7.85. The molecule has 1 N–H and O–H groups in total. The van der Waals surface area contributed by atoms with Gasteiger partial charge in [-0.15, -0.1) is 0 Å². The molecule has 0 heterocycles. The van der Waals surface area contributed by atoms with Crippen molar-refractivity contribution in [3.05, 3.63) is 71.3 Å². The molecular weight excluding hydrogens is 352 g/mol. The van der Waals surface area contributed by atoms with Crippen LogP contribution in [0.1, 0.15) is 45.5 Å². The van der Waals surface area contributed by atoms with Gasteiger partial charge < -0.3 is 4.74 Å². The van der Waals surface area contributed by atoms with Gasteiger partial charge in [0, 0.05) is 17.0 Å². The maximum Gasteiger partial charge on any atom is 0.295 e. The van der Waals surface area contributed by atoms with Gasteiger partial charge in [0.1, 0.15) is 16.9 Å². The normalized spacial score (nSPS) is 12.3. The minimum Gasteiger partial charge on any atom is -0.496 e. The van der Waals surface area contributed by atoms with Gasteiger partial charge in [-0.05, 0) is 34.9 Å². The number of methoxy groups -OCH3 is 1. The van der Waals surface area contributed by atoms with Gasteiger partial charge in [0.2, 0.25) is 0 Å². The first-order valence-corrected chi connectivity index (χ1v) is 9.24. The van der Waals surface area contributed by atoms with Crippen LogP contribution >= 0.6 is 0 Å². The molecule has 0 amide bonds. The van der Waals surface area contributed by atoms with E-state index in [1.807, 2.05) is 19.1 Å². The Labute approximate surface area is 153 Å². The molecule has 6 heteroatoms. The van der Waals surface area contributed by atoms with E-state index in [2.05, 4.69) is 13.2 Å². The molecule has 0 aromatic heterocycles. The Morgan fingerprint density at radius 2 is 1.77 bits per heavy atom. The van der Waals surface area contributed by atoms with E-state index in [1.54, 1.807) is 12.1 Å². The smallest absolute Gasteiger partial charge is 0.295 e. The first kappa shape index (κ1) is 19.6. The zero-order chi connectivity index (χ0) is 19.5. The van der Waals surface area contributed by atoms with Gasteiger partial charge in [0.05, 0.1) is 7.11 Å². The van der Waals surface area contributed by atoms with Gasteiger partial charge in [-0.25, -0.2) is 0 Å². The van der Waals surface area contributed by atoms with E-state index in [4.69, 9.17) is 4.74 Å². The van der Waals surface area contributed by atoms with E-state index in [0.717, 1.165) is 11.1 Å². The Kier molecular flexibility index (Phi) is 5.79. The maximum absolute atomic E-state index is 11.7. The average Bonchev–Trinajstić information content (AvgIpc) is 2.64. The highest BCUT2D eigenvalue weighted by atomic mass is 32.2. The number of ether oxygens (including phenoxy) is 1. The summed E-state index contributed by atoms with van der Waals surface area (Å²) in [4.78, 5) is 11.3. The van der Waals surface area contributed by atoms with Gasteiger partial charge in [0.25, 0.3) is 10.1 Å². The zero-order valence-corrected chi connectivity index (χ0v) is 15.4. The monoisotopic (exact) mass is 372 g/mol. The topological polar surface area (TPSA) is 80.7 Å². The predicted octanol–water partition coefficient (Wildman–Crippen LogP) is 4.19. The third-order valence-corrected chi connectivity index (χ3v) is 5.18. The molecule has 1 atom stereocenters. The van der Waals surface area contributed by atoms with E-state index < -0.39 is 10.1 Å². The summed E-state index contributed by atoms with van der Waals surface area (Å²) in [5.74, 6) is 0.233. The standard InChI is InChI=1S/C20H20O5S/c1-5-14-7-8-17(19(9-14)25-4)13(3)18-11-20(26(22,23)24)15(6-2)10-16(18)12-21/h5-13H,1-2H2,3-4H3,(H,22,23,24). The van der Waals surface area contributed by atoms with Crippen molar-refractivity contribution >= 4 is 28.6 Å². The second-order valence-electron chi connectivity index (χ2n) is 5.74. The minimum absolute atomic E-state index is 0.166. The fourth-order valence-corrected chi connectivity index (χ4v) is 3.59. The SMILES string of the molecule is C=Cc1ccc(C(C)c2cc(S(=O)(=O)O)c(C=C)cc2C=O)c(OC)c1. The lowest BCUT2D eigenvalue weighted by molar-refractivity contribution is 0.112. The molecule has 0 aliphatic rings. The Morgan fingerprint density at radius 1 is 1.08 bits per heavy atom. The van der Waals surface area contributed by atoms with E-state index in [1.165, 1.54) is 25.3 Å². The van der Waals surface area contributed by atoms with Crippen LogP contribution in [0.4, 0.5) is 0 Å². The summed E-state index contributed by atoms with van der Waals surface area (Å²) in [7, 11) is -2.94. The van der Waals surface area contributed by atoms with E-state index in [0.29, 0.717) is 23.2 Å². The molecule has 2 aromatic carbocycles. The first-order chi connectivity index (χ1) is 12.3. The lowest BCUT2D eigenvalue weighted by Gasteiger charge is -2.19. The van der Waals surface area contributed by atoms with Crippen molar-refractivity contribution in [3.8, 4) is 5.75 Å². The fraction of sp³-hybridized carbons (Fsp3) is 0.150. The van der Waals surface area contributed by atoms with Crippen molar-refractivity contribution in [3.63, 3.8) is 0 Å². The molecule has 5 nitrogen and oxygen atoms in total. The van der Waals surface area contributed by atoms with Crippen LogP contribution in [0.3, 0.4) is 0 Å². The van der Waals surface area contributed by atoms with Crippen LogP contribution in [0, 0.1) is 0 Å². The van der Waals surface area contributed by atoms with Crippen LogP contribution in [0.15, 0.2) is 48.4 Å². The van der Waals surface area contributed by atoms with Crippen LogP contribution in [0.25, 0.3) is 12.2 Å². The van der Waals surface area contributed by atoms with Gasteiger partial charge in [-0.2, -0.15) is 8.42 Å². The summed E-state index contributed by atoms with van der Waals surface area (Å²) in [6.45, 7) is 9.09. The highest BCUT2D eigenvalue weighted by Gasteiger charge is 2.22. The molecular formula is C20H20O5S. The number of aldehydes is 1. The molecule has 136 valence electrons. The average molecular weight is 372 g/mol. The molecule has 0 aliphatic carbocycles. The van der Waals surface area contributed by atoms with Crippen molar-refractivity contribution in [1.29, 1.82) is 0 Å². The number of hydrogen-bond acceptors (Lipinski definition) is 4. The summed E-state index contributed by atoms with van der Waals surface area (Å²) in [6, 6.07) is 8.20. The van der Waals surface area contributed by atoms with E-state index >= 15 is 0 Å². The fourth-order valence-electron chi connectivity index (χ4n) is 2.87. The lowest BCUT2D eigenvalue weighted by atomic mass is 9.88. The Morgan fingerprint density at radius 3 is 2.27 bits per heavy atom. The van der Waals surface area contributed by atoms with Crippen LogP contribution in [0.5, 0.6) is 5.75 Å². The molecule has 0 saturated carbocycles. The van der Waals surface area contributed by atoms with E-state index in [-0.39, 0.29) is 16.4 Å². The van der Waals surface area contributed by atoms with Crippen LogP contribution in [0.2, 0.25) is 0 Å². The molecule has 0 aliphatic heterocycles. The largest absolute Gasteiger partial charge is 0.496 e. The Bertz CT molecular complexity index is 974. The van der Waals surface area contributed by atoms with Gasteiger partial charge >= 0.3 is 0 Å². The summed E-state index contributed by atoms with van der Waals surface area (Å²) in [5.41, 5.74) is 2.58. The molecule has 0 fully saturated rings. The molecule has 1 unspecified atom stereocenters. The Balaban J connectivity index is 2.73. The van der Waals surface area contributed by atoms with Crippen molar-refractivity contribution in [2.24, 2.45) is 0 Å². The molecule has 0 spiro atoms. The second kappa shape index (κ2) is 7.68. The van der Waals surface area contributed by atoms with Gasteiger partial charge in [-0.3, -0.25) is 9.35 Å². The van der Waals surface area contributed by atoms with Crippen molar-refractivity contribution in [2.45, 2.75) is 17.7 Å². The second-order valence-corrected chi connectivity index (χ2v) is 7.13. The van der Waals surface area contributed by atoms with Crippen LogP contribution < -0.4 is 4.74 Å². The third kappa shape index (κ3) is 3.76. The van der Waals surface area contributed by atoms with Crippen molar-refractivity contribution in [2.75, 3.05) is 7.11 Å². The quantitative estimate of drug-likeness (QED) is 0.582. The van der Waals surface area contributed by atoms with Gasteiger partial charge in [0.15, 0.2) is 0 Å². The molecule has 0 saturated heterocycles. The molecule has 2 rings (SSSR count). The summed E-state index contributed by atoms with van der Waals surface area (Å²) in [6.07, 6.45) is 3.62. The lowest BCUT2D eigenvalue weighted by Crippen LogP contribution is -2.08. The zero-order valence-electron chi connectivity index (χ0n) is 14.6. The van der Waals surface area contributed by atoms with Crippen LogP contribution in [-0.4, -0.2) is 26.4 Å². The summed E-state index contributed by atoms with van der Waals surface area (Å²) >= 11 is 0. The molecule has 0 radical (unpaired) electrons. The molecule has 0 bridgehead atoms. The van der Waals surface area contributed by atoms with Gasteiger partial charge in [-0.1, -0.05) is 44.4 Å². The first-order valence-electron chi connectivity index (χ1n) is 7.80. The predicted molar refractivity (Wildman–Crippen MR) is 102 cm³/mol. The number of benzene rings is 2. The highest BCUT2D eigenvalue weighted by Crippen LogP contribution is 2.36. The maximum atomic E-state index is 11.7. The third-order valence-electron chi connectivity index (χ3n) is 4.27. The Hall–Kier alpha value is -2.70. The molecule has 26 heavy (non-hydrogen) atoms.